The first-order valence-corrected chi connectivity index (χ1v) is 7.18. The Bertz CT molecular complexity index is 981. The molecule has 3 aromatic rings. The van der Waals surface area contributed by atoms with Crippen LogP contribution in [0.3, 0.4) is 0 Å². The van der Waals surface area contributed by atoms with Crippen LogP contribution in [0.25, 0.3) is 11.2 Å². The molecule has 3 aromatic heterocycles. The van der Waals surface area contributed by atoms with Gasteiger partial charge in [-0.2, -0.15) is 4.98 Å². The Hall–Kier alpha value is -3.14. The van der Waals surface area contributed by atoms with Gasteiger partial charge >= 0.3 is 11.7 Å². The van der Waals surface area contributed by atoms with Crippen molar-refractivity contribution in [2.24, 2.45) is 12.8 Å². The SMILES string of the molecule is Cn1c(=O)c2nc(OCCN)nnc2n(Cc2cccnc2)c1=O. The summed E-state index contributed by atoms with van der Waals surface area (Å²) in [5.41, 5.74) is 5.15. The highest BCUT2D eigenvalue weighted by Crippen LogP contribution is 2.08. The highest BCUT2D eigenvalue weighted by molar-refractivity contribution is 5.68. The van der Waals surface area contributed by atoms with Crippen molar-refractivity contribution in [2.45, 2.75) is 6.54 Å². The van der Waals surface area contributed by atoms with E-state index in [1.165, 1.54) is 11.6 Å². The molecule has 0 saturated heterocycles. The fraction of sp³-hybridized carbons (Fsp3) is 0.286. The minimum Gasteiger partial charge on any atom is -0.461 e. The first-order chi connectivity index (χ1) is 11.6. The van der Waals surface area contributed by atoms with Crippen molar-refractivity contribution < 1.29 is 4.74 Å². The van der Waals surface area contributed by atoms with Crippen molar-refractivity contribution in [1.29, 1.82) is 0 Å². The second-order valence-electron chi connectivity index (χ2n) is 5.00. The maximum absolute atomic E-state index is 12.4. The molecule has 0 atom stereocenters. The van der Waals surface area contributed by atoms with Gasteiger partial charge in [-0.1, -0.05) is 11.2 Å². The zero-order valence-corrected chi connectivity index (χ0v) is 12.9. The zero-order chi connectivity index (χ0) is 17.1. The van der Waals surface area contributed by atoms with Crippen molar-refractivity contribution in [3.8, 4) is 6.01 Å². The highest BCUT2D eigenvalue weighted by atomic mass is 16.5. The summed E-state index contributed by atoms with van der Waals surface area (Å²) >= 11 is 0. The van der Waals surface area contributed by atoms with Crippen molar-refractivity contribution in [3.63, 3.8) is 0 Å². The minimum absolute atomic E-state index is 0.00279. The van der Waals surface area contributed by atoms with Crippen LogP contribution in [-0.2, 0) is 13.6 Å². The molecule has 24 heavy (non-hydrogen) atoms. The molecule has 10 heteroatoms. The predicted molar refractivity (Wildman–Crippen MR) is 84.7 cm³/mol. The van der Waals surface area contributed by atoms with E-state index < -0.39 is 11.2 Å². The molecule has 0 spiro atoms. The third kappa shape index (κ3) is 2.86. The van der Waals surface area contributed by atoms with E-state index in [0.717, 1.165) is 10.1 Å². The van der Waals surface area contributed by atoms with Gasteiger partial charge in [0.25, 0.3) is 5.56 Å². The molecule has 2 N–H and O–H groups in total. The molecule has 0 fully saturated rings. The molecule has 0 unspecified atom stereocenters. The van der Waals surface area contributed by atoms with Gasteiger partial charge in [0, 0.05) is 26.0 Å². The molecule has 0 bridgehead atoms. The second kappa shape index (κ2) is 6.54. The van der Waals surface area contributed by atoms with Crippen molar-refractivity contribution >= 4 is 11.2 Å². The lowest BCUT2D eigenvalue weighted by Gasteiger charge is -2.10. The fourth-order valence-electron chi connectivity index (χ4n) is 2.18. The quantitative estimate of drug-likeness (QED) is 0.609. The van der Waals surface area contributed by atoms with Gasteiger partial charge in [0.15, 0.2) is 11.2 Å². The summed E-state index contributed by atoms with van der Waals surface area (Å²) in [4.78, 5) is 32.8. The van der Waals surface area contributed by atoms with Gasteiger partial charge in [0.1, 0.15) is 6.61 Å². The summed E-state index contributed by atoms with van der Waals surface area (Å²) in [7, 11) is 1.38. The molecule has 0 saturated carbocycles. The lowest BCUT2D eigenvalue weighted by molar-refractivity contribution is 0.299. The number of fused-ring (bicyclic) bond motifs is 1. The van der Waals surface area contributed by atoms with Gasteiger partial charge in [-0.05, 0) is 11.6 Å². The fourth-order valence-corrected chi connectivity index (χ4v) is 2.18. The molecule has 10 nitrogen and oxygen atoms in total. The highest BCUT2D eigenvalue weighted by Gasteiger charge is 2.16. The summed E-state index contributed by atoms with van der Waals surface area (Å²) < 4.78 is 7.48. The maximum atomic E-state index is 12.4. The third-order valence-corrected chi connectivity index (χ3v) is 3.34. The van der Waals surface area contributed by atoms with Crippen LogP contribution in [0.1, 0.15) is 5.56 Å². The van der Waals surface area contributed by atoms with Crippen LogP contribution in [0.5, 0.6) is 6.01 Å². The summed E-state index contributed by atoms with van der Waals surface area (Å²) in [5, 5.41) is 7.74. The van der Waals surface area contributed by atoms with Crippen LogP contribution >= 0.6 is 0 Å². The van der Waals surface area contributed by atoms with Gasteiger partial charge in [0.2, 0.25) is 0 Å². The number of nitrogens with zero attached hydrogens (tertiary/aromatic N) is 6. The standard InChI is InChI=1S/C14H15N7O3/c1-20-12(22)10-11(18-19-13(17-10)24-6-4-15)21(14(20)23)8-9-3-2-5-16-7-9/h2-3,5,7H,4,6,8,15H2,1H3. The van der Waals surface area contributed by atoms with Gasteiger partial charge in [0.05, 0.1) is 6.54 Å². The monoisotopic (exact) mass is 329 g/mol. The summed E-state index contributed by atoms with van der Waals surface area (Å²) in [6.07, 6.45) is 3.26. The number of aromatic nitrogens is 6. The molecule has 0 amide bonds. The number of hydrogen-bond acceptors (Lipinski definition) is 8. The molecule has 0 aliphatic heterocycles. The Balaban J connectivity index is 2.17. The lowest BCUT2D eigenvalue weighted by Crippen LogP contribution is -2.39. The van der Waals surface area contributed by atoms with Crippen LogP contribution < -0.4 is 21.7 Å². The van der Waals surface area contributed by atoms with E-state index in [2.05, 4.69) is 20.2 Å². The first-order valence-electron chi connectivity index (χ1n) is 7.18. The molecule has 3 heterocycles. The van der Waals surface area contributed by atoms with E-state index in [9.17, 15) is 9.59 Å². The average Bonchev–Trinajstić information content (AvgIpc) is 2.62. The number of hydrogen-bond donors (Lipinski definition) is 1. The molecule has 0 aromatic carbocycles. The number of nitrogens with two attached hydrogens (primary N) is 1. The van der Waals surface area contributed by atoms with Crippen molar-refractivity contribution in [2.75, 3.05) is 13.2 Å². The Morgan fingerprint density at radius 1 is 1.29 bits per heavy atom. The van der Waals surface area contributed by atoms with Gasteiger partial charge in [-0.3, -0.25) is 18.9 Å². The molecule has 124 valence electrons. The second-order valence-corrected chi connectivity index (χ2v) is 5.00. The zero-order valence-electron chi connectivity index (χ0n) is 12.9. The largest absolute Gasteiger partial charge is 0.461 e. The van der Waals surface area contributed by atoms with Crippen molar-refractivity contribution in [1.82, 2.24) is 29.3 Å². The van der Waals surface area contributed by atoms with E-state index in [-0.39, 0.29) is 36.9 Å². The van der Waals surface area contributed by atoms with Gasteiger partial charge in [-0.15, -0.1) is 5.10 Å². The molecule has 3 rings (SSSR count). The van der Waals surface area contributed by atoms with Gasteiger partial charge in [-0.25, -0.2) is 4.79 Å². The maximum Gasteiger partial charge on any atom is 0.336 e. The Kier molecular flexibility index (Phi) is 4.29. The predicted octanol–water partition coefficient (Wildman–Crippen LogP) is -1.33. The Morgan fingerprint density at radius 3 is 2.83 bits per heavy atom. The molecular formula is C14H15N7O3. The summed E-state index contributed by atoms with van der Waals surface area (Å²) in [6, 6.07) is 3.51. The summed E-state index contributed by atoms with van der Waals surface area (Å²) in [6.45, 7) is 0.666. The normalized spacial score (nSPS) is 10.9. The van der Waals surface area contributed by atoms with Crippen molar-refractivity contribution in [3.05, 3.63) is 50.9 Å². The number of rotatable bonds is 5. The molecule has 0 aliphatic carbocycles. The van der Waals surface area contributed by atoms with E-state index >= 15 is 0 Å². The van der Waals surface area contributed by atoms with E-state index in [1.54, 1.807) is 18.5 Å². The number of ether oxygens (including phenoxy) is 1. The smallest absolute Gasteiger partial charge is 0.336 e. The van der Waals surface area contributed by atoms with Gasteiger partial charge < -0.3 is 10.5 Å². The topological polar surface area (TPSA) is 131 Å². The van der Waals surface area contributed by atoms with Crippen LogP contribution in [0, 0.1) is 0 Å². The summed E-state index contributed by atoms with van der Waals surface area (Å²) in [5.74, 6) is 0. The van der Waals surface area contributed by atoms with E-state index in [0.29, 0.717) is 0 Å². The minimum atomic E-state index is -0.565. The Morgan fingerprint density at radius 2 is 2.12 bits per heavy atom. The van der Waals surface area contributed by atoms with Crippen LogP contribution in [0.2, 0.25) is 0 Å². The average molecular weight is 329 g/mol. The van der Waals surface area contributed by atoms with Crippen LogP contribution in [0.4, 0.5) is 0 Å². The van der Waals surface area contributed by atoms with Crippen LogP contribution in [0.15, 0.2) is 34.1 Å². The molecule has 0 radical (unpaired) electrons. The lowest BCUT2D eigenvalue weighted by atomic mass is 10.3. The Labute approximate surface area is 135 Å². The number of pyridine rings is 1. The molecular weight excluding hydrogens is 314 g/mol. The third-order valence-electron chi connectivity index (χ3n) is 3.34. The van der Waals surface area contributed by atoms with Crippen LogP contribution in [-0.4, -0.2) is 42.5 Å². The molecule has 0 aliphatic rings. The van der Waals surface area contributed by atoms with E-state index in [1.807, 2.05) is 6.07 Å². The van der Waals surface area contributed by atoms with E-state index in [4.69, 9.17) is 10.5 Å². The first kappa shape index (κ1) is 15.7.